The molecule has 2 atom stereocenters. The van der Waals surface area contributed by atoms with E-state index in [0.717, 1.165) is 90.8 Å². The third kappa shape index (κ3) is 6.90. The van der Waals surface area contributed by atoms with Crippen LogP contribution in [-0.2, 0) is 16.0 Å². The summed E-state index contributed by atoms with van der Waals surface area (Å²) in [5.41, 5.74) is 4.55. The molecule has 1 aliphatic carbocycles. The zero-order valence-electron chi connectivity index (χ0n) is 25.1. The number of esters is 1. The molecule has 1 spiro atoms. The van der Waals surface area contributed by atoms with E-state index < -0.39 is 0 Å². The molecule has 1 amide bonds. The highest BCUT2D eigenvalue weighted by Gasteiger charge is 2.45. The van der Waals surface area contributed by atoms with Gasteiger partial charge in [0, 0.05) is 49.8 Å². The molecule has 8 heteroatoms. The van der Waals surface area contributed by atoms with Crippen LogP contribution in [0.25, 0.3) is 0 Å². The van der Waals surface area contributed by atoms with Crippen molar-refractivity contribution in [2.75, 3.05) is 43.9 Å². The number of carbonyl (C=O) groups is 2. The topological polar surface area (TPSA) is 62.3 Å². The van der Waals surface area contributed by atoms with Gasteiger partial charge in [0.25, 0.3) is 0 Å². The highest BCUT2D eigenvalue weighted by Crippen LogP contribution is 2.48. The van der Waals surface area contributed by atoms with E-state index in [0.29, 0.717) is 22.0 Å². The normalized spacial score (nSPS) is 24.2. The van der Waals surface area contributed by atoms with Crippen LogP contribution in [0.2, 0.25) is 0 Å². The Morgan fingerprint density at radius 2 is 1.63 bits per heavy atom. The van der Waals surface area contributed by atoms with E-state index in [4.69, 9.17) is 9.47 Å². The Kier molecular flexibility index (Phi) is 9.62. The highest BCUT2D eigenvalue weighted by molar-refractivity contribution is 14.1. The number of nitrogens with zero attached hydrogens (tertiary/aromatic N) is 3. The summed E-state index contributed by atoms with van der Waals surface area (Å²) in [4.78, 5) is 32.2. The quantitative estimate of drug-likeness (QED) is 0.171. The molecule has 0 aromatic heterocycles. The molecule has 1 saturated carbocycles. The SMILES string of the molecule is C=C1N(Cc2ccc(C(=O)OCI)cc2)CCC12CCN(CC1CN(C(=O)OC3CCCC3)CC1c1ccccc1)CC2. The Hall–Kier alpha value is -2.59. The van der Waals surface area contributed by atoms with Gasteiger partial charge in [-0.2, -0.15) is 0 Å². The number of hydrogen-bond acceptors (Lipinski definition) is 6. The van der Waals surface area contributed by atoms with Gasteiger partial charge in [-0.3, -0.25) is 0 Å². The van der Waals surface area contributed by atoms with Gasteiger partial charge in [-0.1, -0.05) is 49.0 Å². The number of hydrogen-bond donors (Lipinski definition) is 0. The largest absolute Gasteiger partial charge is 0.451 e. The first-order valence-corrected chi connectivity index (χ1v) is 17.5. The van der Waals surface area contributed by atoms with E-state index in [1.807, 2.05) is 51.8 Å². The maximum atomic E-state index is 13.1. The summed E-state index contributed by atoms with van der Waals surface area (Å²) in [6, 6.07) is 18.5. The van der Waals surface area contributed by atoms with Crippen LogP contribution >= 0.6 is 22.6 Å². The van der Waals surface area contributed by atoms with E-state index in [1.54, 1.807) is 0 Å². The van der Waals surface area contributed by atoms with Crippen molar-refractivity contribution in [1.82, 2.24) is 14.7 Å². The highest BCUT2D eigenvalue weighted by atomic mass is 127. The van der Waals surface area contributed by atoms with Crippen LogP contribution < -0.4 is 0 Å². The van der Waals surface area contributed by atoms with Crippen LogP contribution in [0, 0.1) is 11.3 Å². The Bertz CT molecular complexity index is 1270. The Balaban J connectivity index is 1.04. The molecule has 4 fully saturated rings. The van der Waals surface area contributed by atoms with Crippen molar-refractivity contribution in [2.45, 2.75) is 63.5 Å². The van der Waals surface area contributed by atoms with Gasteiger partial charge >= 0.3 is 12.1 Å². The third-order valence-electron chi connectivity index (χ3n) is 10.4. The third-order valence-corrected chi connectivity index (χ3v) is 10.7. The van der Waals surface area contributed by atoms with Crippen LogP contribution in [0.15, 0.2) is 66.9 Å². The first kappa shape index (κ1) is 30.4. The van der Waals surface area contributed by atoms with E-state index in [9.17, 15) is 9.59 Å². The van der Waals surface area contributed by atoms with Gasteiger partial charge in [0.1, 0.15) is 10.7 Å². The molecule has 2 unspecified atom stereocenters. The van der Waals surface area contributed by atoms with Gasteiger partial charge in [0.05, 0.1) is 5.56 Å². The molecule has 3 saturated heterocycles. The van der Waals surface area contributed by atoms with Crippen molar-refractivity contribution >= 4 is 34.7 Å². The van der Waals surface area contributed by atoms with E-state index in [-0.39, 0.29) is 23.6 Å². The van der Waals surface area contributed by atoms with E-state index in [1.165, 1.54) is 16.8 Å². The van der Waals surface area contributed by atoms with Gasteiger partial charge in [-0.05, 0) is 110 Å². The van der Waals surface area contributed by atoms with Crippen LogP contribution in [0.5, 0.6) is 0 Å². The summed E-state index contributed by atoms with van der Waals surface area (Å²) in [7, 11) is 0. The van der Waals surface area contributed by atoms with Crippen LogP contribution in [0.4, 0.5) is 4.79 Å². The molecule has 43 heavy (non-hydrogen) atoms. The smallest absolute Gasteiger partial charge is 0.410 e. The summed E-state index contributed by atoms with van der Waals surface area (Å²) in [5, 5.41) is 0. The lowest BCUT2D eigenvalue weighted by atomic mass is 9.75. The van der Waals surface area contributed by atoms with Gasteiger partial charge in [-0.15, -0.1) is 0 Å². The summed E-state index contributed by atoms with van der Waals surface area (Å²) >= 11 is 2.03. The number of piperidine rings is 1. The fraction of sp³-hybridized carbons (Fsp3) is 0.543. The summed E-state index contributed by atoms with van der Waals surface area (Å²) in [6.07, 6.45) is 7.72. The predicted molar refractivity (Wildman–Crippen MR) is 176 cm³/mol. The van der Waals surface area contributed by atoms with Gasteiger partial charge in [-0.25, -0.2) is 9.59 Å². The molecule has 7 nitrogen and oxygen atoms in total. The van der Waals surface area contributed by atoms with Crippen molar-refractivity contribution < 1.29 is 19.1 Å². The second kappa shape index (κ2) is 13.6. The van der Waals surface area contributed by atoms with Crippen LogP contribution in [0.3, 0.4) is 0 Å². The van der Waals surface area contributed by atoms with E-state index in [2.05, 4.69) is 46.7 Å². The van der Waals surface area contributed by atoms with Crippen molar-refractivity contribution in [3.8, 4) is 0 Å². The maximum absolute atomic E-state index is 13.1. The molecule has 230 valence electrons. The number of rotatable bonds is 8. The fourth-order valence-corrected chi connectivity index (χ4v) is 8.06. The minimum atomic E-state index is -0.276. The van der Waals surface area contributed by atoms with Crippen molar-refractivity contribution in [3.63, 3.8) is 0 Å². The average Bonchev–Trinajstić information content (AvgIpc) is 3.77. The molecule has 6 rings (SSSR count). The standard InChI is InChI=1S/C35H44IN3O4/c1-26-35(17-20-38(26)21-27-11-13-29(14-12-27)33(40)42-25-36)15-18-37(19-16-35)22-30-23-39(34(41)43-31-9-5-6-10-31)24-32(30)28-7-3-2-4-8-28/h2-4,7-8,11-14,30-32H,1,5-6,9-10,15-25H2. The molecule has 3 aliphatic heterocycles. The van der Waals surface area contributed by atoms with Gasteiger partial charge in [0.15, 0.2) is 0 Å². The number of amides is 1. The number of ether oxygens (including phenoxy) is 2. The van der Waals surface area contributed by atoms with Crippen LogP contribution in [0.1, 0.15) is 72.3 Å². The molecule has 0 radical (unpaired) electrons. The number of carbonyl (C=O) groups excluding carboxylic acids is 2. The summed E-state index contributed by atoms with van der Waals surface area (Å²) in [6.45, 7) is 11.1. The molecule has 4 aliphatic rings. The predicted octanol–water partition coefficient (Wildman–Crippen LogP) is 6.83. The lowest BCUT2D eigenvalue weighted by molar-refractivity contribution is 0.0589. The molecule has 0 N–H and O–H groups in total. The van der Waals surface area contributed by atoms with Crippen LogP contribution in [-0.4, -0.2) is 76.7 Å². The summed E-state index contributed by atoms with van der Waals surface area (Å²) in [5.74, 6) is 0.453. The zero-order chi connectivity index (χ0) is 29.8. The number of halogens is 1. The number of likely N-dealkylation sites (tertiary alicyclic amines) is 3. The number of allylic oxidation sites excluding steroid dienone is 1. The molecule has 2 aromatic rings. The fourth-order valence-electron chi connectivity index (χ4n) is 7.78. The van der Waals surface area contributed by atoms with Crippen molar-refractivity contribution in [3.05, 3.63) is 83.6 Å². The number of benzene rings is 2. The molecular formula is C35H44IN3O4. The van der Waals surface area contributed by atoms with Gasteiger partial charge in [0.2, 0.25) is 0 Å². The molecule has 3 heterocycles. The lowest BCUT2D eigenvalue weighted by Gasteiger charge is -2.41. The van der Waals surface area contributed by atoms with E-state index >= 15 is 0 Å². The average molecular weight is 698 g/mol. The number of alkyl halides is 1. The molecule has 0 bridgehead atoms. The second-order valence-electron chi connectivity index (χ2n) is 12.9. The minimum Gasteiger partial charge on any atom is -0.451 e. The molecule has 2 aromatic carbocycles. The Labute approximate surface area is 269 Å². The Morgan fingerprint density at radius 1 is 0.930 bits per heavy atom. The summed E-state index contributed by atoms with van der Waals surface area (Å²) < 4.78 is 11.4. The first-order valence-electron chi connectivity index (χ1n) is 15.9. The zero-order valence-corrected chi connectivity index (χ0v) is 27.3. The first-order chi connectivity index (χ1) is 20.9. The van der Waals surface area contributed by atoms with Gasteiger partial charge < -0.3 is 24.2 Å². The Morgan fingerprint density at radius 3 is 2.33 bits per heavy atom. The lowest BCUT2D eigenvalue weighted by Crippen LogP contribution is -2.43. The van der Waals surface area contributed by atoms with Crippen molar-refractivity contribution in [1.29, 1.82) is 0 Å². The molecular weight excluding hydrogens is 653 g/mol. The monoisotopic (exact) mass is 697 g/mol. The minimum absolute atomic E-state index is 0.0998. The second-order valence-corrected chi connectivity index (χ2v) is 13.5. The van der Waals surface area contributed by atoms with Crippen molar-refractivity contribution in [2.24, 2.45) is 11.3 Å². The maximum Gasteiger partial charge on any atom is 0.410 e.